The Kier molecular flexibility index (Phi) is 9.76. The lowest BCUT2D eigenvalue weighted by Crippen LogP contribution is -2.28. The highest BCUT2D eigenvalue weighted by atomic mass is 16.5. The lowest BCUT2D eigenvalue weighted by molar-refractivity contribution is -0.147. The first-order chi connectivity index (χ1) is 16.0. The Morgan fingerprint density at radius 1 is 0.818 bits per heavy atom. The van der Waals surface area contributed by atoms with Gasteiger partial charge in [-0.05, 0) is 81.5 Å². The predicted octanol–water partition coefficient (Wildman–Crippen LogP) is 5.87. The molecule has 0 spiro atoms. The second kappa shape index (κ2) is 12.8. The van der Waals surface area contributed by atoms with Gasteiger partial charge in [-0.3, -0.25) is 9.59 Å². The number of benzene rings is 1. The summed E-state index contributed by atoms with van der Waals surface area (Å²) in [6.07, 6.45) is 11.6. The Bertz CT molecular complexity index is 770. The fourth-order valence-electron chi connectivity index (χ4n) is 5.03. The molecule has 0 saturated heterocycles. The van der Waals surface area contributed by atoms with Crippen LogP contribution in [0.3, 0.4) is 0 Å². The number of hydrogen-bond donors (Lipinski definition) is 0. The van der Waals surface area contributed by atoms with Crippen molar-refractivity contribution >= 4 is 17.9 Å². The highest BCUT2D eigenvalue weighted by Gasteiger charge is 2.29. The third-order valence-electron chi connectivity index (χ3n) is 7.19. The van der Waals surface area contributed by atoms with Crippen LogP contribution in [0, 0.1) is 17.8 Å². The van der Waals surface area contributed by atoms with Gasteiger partial charge in [0.05, 0.1) is 24.5 Å². The van der Waals surface area contributed by atoms with Gasteiger partial charge in [0.2, 0.25) is 0 Å². The standard InChI is InChI=1S/C27H38O6/c1-3-4-5-6-19-7-9-21(10-8-19)26(29)32-24-17-13-22(14-18-24)27(30)33-23-15-11-20(12-16-23)25(28)31-2/h13-14,17-21,23H,3-12,15-16H2,1-2H3. The molecule has 0 aliphatic heterocycles. The number of esters is 3. The minimum Gasteiger partial charge on any atom is -0.469 e. The molecule has 2 aliphatic carbocycles. The summed E-state index contributed by atoms with van der Waals surface area (Å²) in [4.78, 5) is 36.7. The van der Waals surface area contributed by atoms with E-state index in [1.807, 2.05) is 0 Å². The topological polar surface area (TPSA) is 78.9 Å². The van der Waals surface area contributed by atoms with Crippen LogP contribution < -0.4 is 4.74 Å². The molecule has 2 fully saturated rings. The second-order valence-corrected chi connectivity index (χ2v) is 9.56. The van der Waals surface area contributed by atoms with Crippen LogP contribution in [0.5, 0.6) is 5.75 Å². The van der Waals surface area contributed by atoms with Gasteiger partial charge in [0.1, 0.15) is 11.9 Å². The summed E-state index contributed by atoms with van der Waals surface area (Å²) >= 11 is 0. The van der Waals surface area contributed by atoms with Gasteiger partial charge in [-0.15, -0.1) is 0 Å². The van der Waals surface area contributed by atoms with Crippen molar-refractivity contribution in [3.05, 3.63) is 29.8 Å². The fourth-order valence-corrected chi connectivity index (χ4v) is 5.03. The Labute approximate surface area is 197 Å². The molecule has 0 bridgehead atoms. The third kappa shape index (κ3) is 7.58. The van der Waals surface area contributed by atoms with Gasteiger partial charge in [-0.1, -0.05) is 32.6 Å². The van der Waals surface area contributed by atoms with Crippen LogP contribution in [0.4, 0.5) is 0 Å². The average molecular weight is 459 g/mol. The van der Waals surface area contributed by atoms with Crippen molar-refractivity contribution in [1.82, 2.24) is 0 Å². The number of ether oxygens (including phenoxy) is 3. The first-order valence-electron chi connectivity index (χ1n) is 12.6. The van der Waals surface area contributed by atoms with E-state index in [1.54, 1.807) is 24.3 Å². The maximum atomic E-state index is 12.6. The van der Waals surface area contributed by atoms with Gasteiger partial charge in [-0.25, -0.2) is 4.79 Å². The minimum atomic E-state index is -0.393. The molecule has 0 radical (unpaired) electrons. The molecule has 0 unspecified atom stereocenters. The zero-order valence-corrected chi connectivity index (χ0v) is 20.1. The van der Waals surface area contributed by atoms with Gasteiger partial charge in [-0.2, -0.15) is 0 Å². The lowest BCUT2D eigenvalue weighted by Gasteiger charge is -2.27. The van der Waals surface area contributed by atoms with Crippen LogP contribution >= 0.6 is 0 Å². The Balaban J connectivity index is 1.40. The molecule has 0 heterocycles. The summed E-state index contributed by atoms with van der Waals surface area (Å²) in [6, 6.07) is 6.57. The molecule has 0 atom stereocenters. The molecule has 1 aromatic carbocycles. The van der Waals surface area contributed by atoms with Crippen molar-refractivity contribution in [2.45, 2.75) is 90.1 Å². The normalized spacial score (nSPS) is 25.2. The Hall–Kier alpha value is -2.37. The quantitative estimate of drug-likeness (QED) is 0.262. The summed E-state index contributed by atoms with van der Waals surface area (Å²) < 4.78 is 16.0. The van der Waals surface area contributed by atoms with Crippen molar-refractivity contribution in [1.29, 1.82) is 0 Å². The maximum absolute atomic E-state index is 12.6. The van der Waals surface area contributed by atoms with Crippen LogP contribution in [0.2, 0.25) is 0 Å². The zero-order valence-electron chi connectivity index (χ0n) is 20.1. The molecular formula is C27H38O6. The van der Waals surface area contributed by atoms with Gasteiger partial charge < -0.3 is 14.2 Å². The first kappa shape index (κ1) is 25.3. The van der Waals surface area contributed by atoms with Crippen LogP contribution in [0.15, 0.2) is 24.3 Å². The van der Waals surface area contributed by atoms with Crippen LogP contribution in [0.1, 0.15) is 94.3 Å². The zero-order chi connectivity index (χ0) is 23.6. The van der Waals surface area contributed by atoms with E-state index in [2.05, 4.69) is 6.92 Å². The largest absolute Gasteiger partial charge is 0.469 e. The van der Waals surface area contributed by atoms with E-state index in [1.165, 1.54) is 32.8 Å². The lowest BCUT2D eigenvalue weighted by atomic mass is 9.80. The Morgan fingerprint density at radius 3 is 2.03 bits per heavy atom. The monoisotopic (exact) mass is 458 g/mol. The van der Waals surface area contributed by atoms with Gasteiger partial charge in [0.15, 0.2) is 0 Å². The fraction of sp³-hybridized carbons (Fsp3) is 0.667. The molecule has 3 rings (SSSR count). The number of carbonyl (C=O) groups excluding carboxylic acids is 3. The summed E-state index contributed by atoms with van der Waals surface area (Å²) in [7, 11) is 1.40. The molecule has 182 valence electrons. The minimum absolute atomic E-state index is 0.0304. The molecule has 33 heavy (non-hydrogen) atoms. The van der Waals surface area contributed by atoms with E-state index in [0.29, 0.717) is 37.0 Å². The van der Waals surface area contributed by atoms with E-state index in [0.717, 1.165) is 31.6 Å². The summed E-state index contributed by atoms with van der Waals surface area (Å²) in [6.45, 7) is 2.22. The van der Waals surface area contributed by atoms with E-state index in [9.17, 15) is 14.4 Å². The van der Waals surface area contributed by atoms with E-state index < -0.39 is 5.97 Å². The molecule has 2 aliphatic rings. The van der Waals surface area contributed by atoms with Crippen molar-refractivity contribution < 1.29 is 28.6 Å². The number of methoxy groups -OCH3 is 1. The SMILES string of the molecule is CCCCCC1CCC(C(=O)Oc2ccc(C(=O)OC3CCC(C(=O)OC)CC3)cc2)CC1. The van der Waals surface area contributed by atoms with Gasteiger partial charge in [0.25, 0.3) is 0 Å². The highest BCUT2D eigenvalue weighted by molar-refractivity contribution is 5.89. The molecule has 0 amide bonds. The van der Waals surface area contributed by atoms with Crippen LogP contribution in [-0.2, 0) is 19.1 Å². The second-order valence-electron chi connectivity index (χ2n) is 9.56. The number of carbonyl (C=O) groups is 3. The average Bonchev–Trinajstić information content (AvgIpc) is 2.85. The van der Waals surface area contributed by atoms with Crippen molar-refractivity contribution in [2.24, 2.45) is 17.8 Å². The summed E-state index contributed by atoms with van der Waals surface area (Å²) in [5.41, 5.74) is 0.428. The Morgan fingerprint density at radius 2 is 1.42 bits per heavy atom. The molecular weight excluding hydrogens is 420 g/mol. The van der Waals surface area contributed by atoms with E-state index in [4.69, 9.17) is 14.2 Å². The van der Waals surface area contributed by atoms with Crippen molar-refractivity contribution in [3.63, 3.8) is 0 Å². The first-order valence-corrected chi connectivity index (χ1v) is 12.6. The van der Waals surface area contributed by atoms with Crippen LogP contribution in [-0.4, -0.2) is 31.1 Å². The highest BCUT2D eigenvalue weighted by Crippen LogP contribution is 2.33. The maximum Gasteiger partial charge on any atom is 0.338 e. The summed E-state index contributed by atoms with van der Waals surface area (Å²) in [5, 5.41) is 0. The third-order valence-corrected chi connectivity index (χ3v) is 7.19. The van der Waals surface area contributed by atoms with Crippen molar-refractivity contribution in [2.75, 3.05) is 7.11 Å². The molecule has 1 aromatic rings. The van der Waals surface area contributed by atoms with E-state index >= 15 is 0 Å². The van der Waals surface area contributed by atoms with Crippen LogP contribution in [0.25, 0.3) is 0 Å². The van der Waals surface area contributed by atoms with Gasteiger partial charge in [0, 0.05) is 0 Å². The number of hydrogen-bond acceptors (Lipinski definition) is 6. The number of rotatable bonds is 9. The van der Waals surface area contributed by atoms with Gasteiger partial charge >= 0.3 is 17.9 Å². The molecule has 6 heteroatoms. The summed E-state index contributed by atoms with van der Waals surface area (Å²) in [5.74, 6) is 0.328. The van der Waals surface area contributed by atoms with E-state index in [-0.39, 0.29) is 29.9 Å². The predicted molar refractivity (Wildman–Crippen MR) is 125 cm³/mol. The smallest absolute Gasteiger partial charge is 0.338 e. The number of unbranched alkanes of at least 4 members (excludes halogenated alkanes) is 2. The molecule has 0 N–H and O–H groups in total. The van der Waals surface area contributed by atoms with Crippen molar-refractivity contribution in [3.8, 4) is 5.75 Å². The molecule has 2 saturated carbocycles. The molecule has 0 aromatic heterocycles. The molecule has 6 nitrogen and oxygen atoms in total.